The van der Waals surface area contributed by atoms with E-state index in [1.54, 1.807) is 0 Å². The van der Waals surface area contributed by atoms with Crippen LogP contribution in [0.3, 0.4) is 0 Å². The normalized spacial score (nSPS) is 14.1. The number of nitrogens with zero attached hydrogens (tertiary/aromatic N) is 4. The van der Waals surface area contributed by atoms with Gasteiger partial charge in [-0.1, -0.05) is 30.3 Å². The second-order valence-corrected chi connectivity index (χ2v) is 6.82. The van der Waals surface area contributed by atoms with Gasteiger partial charge in [0.2, 0.25) is 0 Å². The van der Waals surface area contributed by atoms with E-state index in [4.69, 9.17) is 0 Å². The van der Waals surface area contributed by atoms with E-state index in [0.717, 1.165) is 24.3 Å². The molecule has 0 bridgehead atoms. The van der Waals surface area contributed by atoms with Crippen LogP contribution in [0.1, 0.15) is 27.3 Å². The van der Waals surface area contributed by atoms with Gasteiger partial charge in [-0.3, -0.25) is 4.79 Å². The molecule has 5 heteroatoms. The molecule has 0 unspecified atom stereocenters. The Balaban J connectivity index is 1.71. The molecule has 1 amide bonds. The van der Waals surface area contributed by atoms with Crippen LogP contribution in [0.2, 0.25) is 0 Å². The maximum absolute atomic E-state index is 13.2. The van der Waals surface area contributed by atoms with Crippen molar-refractivity contribution in [1.29, 1.82) is 0 Å². The Morgan fingerprint density at radius 3 is 2.68 bits per heavy atom. The molecule has 2 aromatic heterocycles. The molecule has 3 aromatic rings. The molecule has 0 radical (unpaired) electrons. The third kappa shape index (κ3) is 2.91. The molecule has 5 nitrogen and oxygen atoms in total. The van der Waals surface area contributed by atoms with E-state index in [2.05, 4.69) is 28.1 Å². The number of rotatable bonds is 3. The Morgan fingerprint density at radius 1 is 1.12 bits per heavy atom. The highest BCUT2D eigenvalue weighted by atomic mass is 16.2. The van der Waals surface area contributed by atoms with Crippen molar-refractivity contribution in [2.75, 3.05) is 20.6 Å². The molecule has 0 N–H and O–H groups in total. The molecule has 0 fully saturated rings. The second-order valence-electron chi connectivity index (χ2n) is 6.82. The Hall–Kier alpha value is -2.66. The van der Waals surface area contributed by atoms with Crippen molar-refractivity contribution >= 4 is 11.6 Å². The Kier molecular flexibility index (Phi) is 4.01. The monoisotopic (exact) mass is 334 g/mol. The summed E-state index contributed by atoms with van der Waals surface area (Å²) in [5.41, 5.74) is 4.92. The number of carbonyl (C=O) groups excluding carboxylic acids is 1. The molecular weight excluding hydrogens is 312 g/mol. The highest BCUT2D eigenvalue weighted by molar-refractivity contribution is 5.94. The molecule has 0 atom stereocenters. The van der Waals surface area contributed by atoms with E-state index >= 15 is 0 Å². The standard InChI is InChI=1S/C20H22N4O/c1-22(2)14-17-19(21-18-9-5-6-11-24(17)18)20(25)23-12-10-15-7-3-4-8-16(15)13-23/h3-9,11H,10,12-14H2,1-2H3. The molecule has 0 saturated carbocycles. The summed E-state index contributed by atoms with van der Waals surface area (Å²) >= 11 is 0. The van der Waals surface area contributed by atoms with Crippen LogP contribution in [-0.4, -0.2) is 45.7 Å². The van der Waals surface area contributed by atoms with Gasteiger partial charge < -0.3 is 14.2 Å². The molecule has 1 aromatic carbocycles. The molecule has 0 aliphatic carbocycles. The lowest BCUT2D eigenvalue weighted by Crippen LogP contribution is -2.36. The Morgan fingerprint density at radius 2 is 1.88 bits per heavy atom. The van der Waals surface area contributed by atoms with E-state index in [1.807, 2.05) is 53.9 Å². The first-order chi connectivity index (χ1) is 12.1. The minimum Gasteiger partial charge on any atom is -0.333 e. The first-order valence-electron chi connectivity index (χ1n) is 8.60. The van der Waals surface area contributed by atoms with E-state index in [-0.39, 0.29) is 5.91 Å². The van der Waals surface area contributed by atoms with E-state index < -0.39 is 0 Å². The van der Waals surface area contributed by atoms with Crippen molar-refractivity contribution in [3.05, 3.63) is 71.2 Å². The van der Waals surface area contributed by atoms with Crippen molar-refractivity contribution in [2.24, 2.45) is 0 Å². The summed E-state index contributed by atoms with van der Waals surface area (Å²) in [6.07, 6.45) is 2.88. The zero-order chi connectivity index (χ0) is 17.4. The van der Waals surface area contributed by atoms with Gasteiger partial charge in [-0.25, -0.2) is 4.98 Å². The van der Waals surface area contributed by atoms with Gasteiger partial charge in [-0.15, -0.1) is 0 Å². The van der Waals surface area contributed by atoms with Gasteiger partial charge in [-0.2, -0.15) is 0 Å². The lowest BCUT2D eigenvalue weighted by atomic mass is 9.99. The number of amides is 1. The summed E-state index contributed by atoms with van der Waals surface area (Å²) in [7, 11) is 4.02. The number of hydrogen-bond donors (Lipinski definition) is 0. The maximum atomic E-state index is 13.2. The van der Waals surface area contributed by atoms with Crippen LogP contribution in [0, 0.1) is 0 Å². The number of pyridine rings is 1. The topological polar surface area (TPSA) is 40.9 Å². The summed E-state index contributed by atoms with van der Waals surface area (Å²) < 4.78 is 2.02. The van der Waals surface area contributed by atoms with Crippen LogP contribution in [0.25, 0.3) is 5.65 Å². The van der Waals surface area contributed by atoms with Gasteiger partial charge >= 0.3 is 0 Å². The molecule has 128 valence electrons. The van der Waals surface area contributed by atoms with Gasteiger partial charge in [0, 0.05) is 25.8 Å². The fourth-order valence-corrected chi connectivity index (χ4v) is 3.49. The quantitative estimate of drug-likeness (QED) is 0.739. The highest BCUT2D eigenvalue weighted by Crippen LogP contribution is 2.22. The van der Waals surface area contributed by atoms with Crippen LogP contribution < -0.4 is 0 Å². The van der Waals surface area contributed by atoms with Crippen molar-refractivity contribution in [1.82, 2.24) is 19.2 Å². The molecule has 25 heavy (non-hydrogen) atoms. The van der Waals surface area contributed by atoms with Crippen molar-refractivity contribution in [3.63, 3.8) is 0 Å². The summed E-state index contributed by atoms with van der Waals surface area (Å²) in [5.74, 6) is 0.0232. The molecule has 1 aliphatic rings. The summed E-state index contributed by atoms with van der Waals surface area (Å²) in [5, 5.41) is 0. The van der Waals surface area contributed by atoms with Crippen LogP contribution >= 0.6 is 0 Å². The van der Waals surface area contributed by atoms with Gasteiger partial charge in [0.25, 0.3) is 5.91 Å². The number of hydrogen-bond acceptors (Lipinski definition) is 3. The number of aromatic nitrogens is 2. The lowest BCUT2D eigenvalue weighted by molar-refractivity contribution is 0.0727. The minimum absolute atomic E-state index is 0.0232. The first-order valence-corrected chi connectivity index (χ1v) is 8.60. The predicted molar refractivity (Wildman–Crippen MR) is 97.5 cm³/mol. The van der Waals surface area contributed by atoms with Gasteiger partial charge in [0.05, 0.1) is 5.69 Å². The maximum Gasteiger partial charge on any atom is 0.274 e. The number of imidazole rings is 1. The fraction of sp³-hybridized carbons (Fsp3) is 0.300. The van der Waals surface area contributed by atoms with Crippen LogP contribution in [0.5, 0.6) is 0 Å². The zero-order valence-corrected chi connectivity index (χ0v) is 14.6. The predicted octanol–water partition coefficient (Wildman–Crippen LogP) is 2.59. The van der Waals surface area contributed by atoms with Crippen LogP contribution in [0.4, 0.5) is 0 Å². The molecular formula is C20H22N4O. The van der Waals surface area contributed by atoms with E-state index in [9.17, 15) is 4.79 Å². The average molecular weight is 334 g/mol. The van der Waals surface area contributed by atoms with Gasteiger partial charge in [0.15, 0.2) is 5.69 Å². The van der Waals surface area contributed by atoms with E-state index in [0.29, 0.717) is 18.8 Å². The highest BCUT2D eigenvalue weighted by Gasteiger charge is 2.26. The summed E-state index contributed by atoms with van der Waals surface area (Å²) in [4.78, 5) is 21.8. The smallest absolute Gasteiger partial charge is 0.274 e. The Bertz CT molecular complexity index is 928. The summed E-state index contributed by atoms with van der Waals surface area (Å²) in [6.45, 7) is 2.08. The molecule has 4 rings (SSSR count). The van der Waals surface area contributed by atoms with Crippen molar-refractivity contribution in [3.8, 4) is 0 Å². The minimum atomic E-state index is 0.0232. The fourth-order valence-electron chi connectivity index (χ4n) is 3.49. The summed E-state index contributed by atoms with van der Waals surface area (Å²) in [6, 6.07) is 14.2. The lowest BCUT2D eigenvalue weighted by Gasteiger charge is -2.28. The number of carbonyl (C=O) groups is 1. The largest absolute Gasteiger partial charge is 0.333 e. The molecule has 3 heterocycles. The average Bonchev–Trinajstić information content (AvgIpc) is 2.99. The molecule has 0 spiro atoms. The third-order valence-corrected chi connectivity index (χ3v) is 4.72. The molecule has 0 saturated heterocycles. The van der Waals surface area contributed by atoms with Crippen molar-refractivity contribution < 1.29 is 4.79 Å². The van der Waals surface area contributed by atoms with Gasteiger partial charge in [0.1, 0.15) is 5.65 Å². The van der Waals surface area contributed by atoms with Gasteiger partial charge in [-0.05, 0) is 43.8 Å². The van der Waals surface area contributed by atoms with Crippen molar-refractivity contribution in [2.45, 2.75) is 19.5 Å². The number of fused-ring (bicyclic) bond motifs is 2. The van der Waals surface area contributed by atoms with Crippen LogP contribution in [-0.2, 0) is 19.5 Å². The van der Waals surface area contributed by atoms with E-state index in [1.165, 1.54) is 11.1 Å². The Labute approximate surface area is 147 Å². The third-order valence-electron chi connectivity index (χ3n) is 4.72. The number of benzene rings is 1. The SMILES string of the molecule is CN(C)Cc1c(C(=O)N2CCc3ccccc3C2)nc2ccccn12. The first kappa shape index (κ1) is 15.8. The molecule has 1 aliphatic heterocycles. The van der Waals surface area contributed by atoms with Crippen LogP contribution in [0.15, 0.2) is 48.7 Å². The second kappa shape index (κ2) is 6.33. The zero-order valence-electron chi connectivity index (χ0n) is 14.6.